The summed E-state index contributed by atoms with van der Waals surface area (Å²) >= 11 is 5.87. The van der Waals surface area contributed by atoms with Crippen molar-refractivity contribution < 1.29 is 4.39 Å². The summed E-state index contributed by atoms with van der Waals surface area (Å²) in [6, 6.07) is 6.42. The van der Waals surface area contributed by atoms with Crippen LogP contribution in [0.4, 0.5) is 4.39 Å². The minimum absolute atomic E-state index is 0.119. The van der Waals surface area contributed by atoms with Crippen molar-refractivity contribution in [3.8, 4) is 11.3 Å². The van der Waals surface area contributed by atoms with E-state index in [-0.39, 0.29) is 17.9 Å². The summed E-state index contributed by atoms with van der Waals surface area (Å²) in [6.07, 6.45) is 5.09. The topological polar surface area (TPSA) is 81.4 Å². The van der Waals surface area contributed by atoms with Crippen LogP contribution in [-0.2, 0) is 13.6 Å². The fourth-order valence-electron chi connectivity index (χ4n) is 3.61. The first kappa shape index (κ1) is 18.5. The van der Waals surface area contributed by atoms with Crippen molar-refractivity contribution in [2.24, 2.45) is 7.05 Å². The van der Waals surface area contributed by atoms with E-state index in [0.29, 0.717) is 38.9 Å². The molecule has 0 spiro atoms. The standard InChI is InChI=1S/C21H16ClFN6O/c1-11-26-19-20(29(11)9-12-3-4-13(22)7-16(12)23)27-17(8-25-19)15-10-28(2)21(30)18-14(15)5-6-24-18/h3-8,10,24H,9H2,1-2H3. The summed E-state index contributed by atoms with van der Waals surface area (Å²) in [4.78, 5) is 29.0. The summed E-state index contributed by atoms with van der Waals surface area (Å²) in [5.74, 6) is 0.281. The van der Waals surface area contributed by atoms with Crippen LogP contribution < -0.4 is 5.56 Å². The summed E-state index contributed by atoms with van der Waals surface area (Å²) in [5.41, 5.74) is 3.24. The second-order valence-electron chi connectivity index (χ2n) is 7.11. The van der Waals surface area contributed by atoms with Gasteiger partial charge in [0.05, 0.1) is 18.4 Å². The number of fused-ring (bicyclic) bond motifs is 2. The molecule has 30 heavy (non-hydrogen) atoms. The zero-order valence-corrected chi connectivity index (χ0v) is 16.9. The molecule has 5 aromatic rings. The Kier molecular flexibility index (Phi) is 4.18. The maximum Gasteiger partial charge on any atom is 0.274 e. The third-order valence-corrected chi connectivity index (χ3v) is 5.40. The number of hydrogen-bond acceptors (Lipinski definition) is 4. The molecular formula is C21H16ClFN6O. The SMILES string of the molecule is Cc1nc2ncc(-c3cn(C)c(=O)c4[nH]ccc34)nc2n1Cc1ccc(Cl)cc1F. The molecule has 7 nitrogen and oxygen atoms in total. The van der Waals surface area contributed by atoms with Gasteiger partial charge in [-0.05, 0) is 25.1 Å². The molecule has 0 radical (unpaired) electrons. The van der Waals surface area contributed by atoms with Crippen molar-refractivity contribution >= 4 is 33.8 Å². The van der Waals surface area contributed by atoms with Crippen molar-refractivity contribution in [2.45, 2.75) is 13.5 Å². The van der Waals surface area contributed by atoms with Gasteiger partial charge in [-0.15, -0.1) is 0 Å². The maximum atomic E-state index is 14.3. The first-order valence-electron chi connectivity index (χ1n) is 9.23. The molecule has 0 saturated heterocycles. The summed E-state index contributed by atoms with van der Waals surface area (Å²) < 4.78 is 17.7. The number of aryl methyl sites for hydroxylation is 2. The van der Waals surface area contributed by atoms with Crippen molar-refractivity contribution in [2.75, 3.05) is 0 Å². The van der Waals surface area contributed by atoms with Crippen LogP contribution in [0, 0.1) is 12.7 Å². The van der Waals surface area contributed by atoms with Crippen LogP contribution in [-0.4, -0.2) is 29.1 Å². The van der Waals surface area contributed by atoms with E-state index in [1.165, 1.54) is 10.6 Å². The van der Waals surface area contributed by atoms with Crippen LogP contribution in [0.15, 0.2) is 47.7 Å². The van der Waals surface area contributed by atoms with E-state index in [1.54, 1.807) is 37.8 Å². The Bertz CT molecular complexity index is 1500. The first-order chi connectivity index (χ1) is 14.4. The van der Waals surface area contributed by atoms with Crippen LogP contribution in [0.25, 0.3) is 33.5 Å². The molecule has 150 valence electrons. The number of H-pyrrole nitrogens is 1. The average molecular weight is 423 g/mol. The number of imidazole rings is 1. The lowest BCUT2D eigenvalue weighted by atomic mass is 10.1. The van der Waals surface area contributed by atoms with E-state index in [1.807, 2.05) is 17.6 Å². The van der Waals surface area contributed by atoms with Crippen molar-refractivity contribution in [3.05, 3.63) is 75.4 Å². The van der Waals surface area contributed by atoms with Gasteiger partial charge in [-0.2, -0.15) is 0 Å². The highest BCUT2D eigenvalue weighted by Crippen LogP contribution is 2.26. The van der Waals surface area contributed by atoms with E-state index in [2.05, 4.69) is 15.0 Å². The molecule has 0 aliphatic rings. The number of nitrogens with zero attached hydrogens (tertiary/aromatic N) is 5. The normalized spacial score (nSPS) is 11.6. The smallest absolute Gasteiger partial charge is 0.274 e. The molecule has 9 heteroatoms. The predicted octanol–water partition coefficient (Wildman–Crippen LogP) is 3.82. The minimum Gasteiger partial charge on any atom is -0.357 e. The first-order valence-corrected chi connectivity index (χ1v) is 9.61. The summed E-state index contributed by atoms with van der Waals surface area (Å²) in [5, 5.41) is 1.11. The number of hydrogen-bond donors (Lipinski definition) is 1. The zero-order valence-electron chi connectivity index (χ0n) is 16.1. The van der Waals surface area contributed by atoms with Gasteiger partial charge in [0, 0.05) is 41.0 Å². The maximum absolute atomic E-state index is 14.3. The second kappa shape index (κ2) is 6.77. The van der Waals surface area contributed by atoms with Crippen molar-refractivity contribution in [1.82, 2.24) is 29.1 Å². The van der Waals surface area contributed by atoms with Crippen LogP contribution in [0.1, 0.15) is 11.4 Å². The molecule has 1 aromatic carbocycles. The Morgan fingerprint density at radius 2 is 2.07 bits per heavy atom. The number of halogens is 2. The largest absolute Gasteiger partial charge is 0.357 e. The van der Waals surface area contributed by atoms with Crippen LogP contribution in [0.5, 0.6) is 0 Å². The van der Waals surface area contributed by atoms with Gasteiger partial charge in [0.1, 0.15) is 17.2 Å². The number of aromatic nitrogens is 6. The van der Waals surface area contributed by atoms with Crippen LogP contribution >= 0.6 is 11.6 Å². The molecule has 0 aliphatic carbocycles. The Morgan fingerprint density at radius 1 is 1.23 bits per heavy atom. The van der Waals surface area contributed by atoms with Gasteiger partial charge >= 0.3 is 0 Å². The highest BCUT2D eigenvalue weighted by Gasteiger charge is 2.16. The third kappa shape index (κ3) is 2.88. The van der Waals surface area contributed by atoms with Gasteiger partial charge in [0.2, 0.25) is 0 Å². The Labute approximate surface area is 174 Å². The molecule has 0 fully saturated rings. The molecule has 0 amide bonds. The van der Waals surface area contributed by atoms with E-state index in [4.69, 9.17) is 16.6 Å². The Balaban J connectivity index is 1.68. The molecular weight excluding hydrogens is 407 g/mol. The van der Waals surface area contributed by atoms with Crippen LogP contribution in [0.2, 0.25) is 5.02 Å². The van der Waals surface area contributed by atoms with Crippen molar-refractivity contribution in [3.63, 3.8) is 0 Å². The van der Waals surface area contributed by atoms with Crippen molar-refractivity contribution in [1.29, 1.82) is 0 Å². The average Bonchev–Trinajstić information content (AvgIpc) is 3.32. The molecule has 4 aromatic heterocycles. The summed E-state index contributed by atoms with van der Waals surface area (Å²) in [6.45, 7) is 2.07. The lowest BCUT2D eigenvalue weighted by molar-refractivity contribution is 0.599. The van der Waals surface area contributed by atoms with Gasteiger partial charge in [-0.3, -0.25) is 4.79 Å². The molecule has 1 N–H and O–H groups in total. The van der Waals surface area contributed by atoms with Crippen LogP contribution in [0.3, 0.4) is 0 Å². The van der Waals surface area contributed by atoms with E-state index in [0.717, 1.165) is 10.9 Å². The lowest BCUT2D eigenvalue weighted by Gasteiger charge is -2.09. The molecule has 0 aliphatic heterocycles. The fourth-order valence-corrected chi connectivity index (χ4v) is 3.77. The number of rotatable bonds is 3. The fraction of sp³-hybridized carbons (Fsp3) is 0.143. The zero-order chi connectivity index (χ0) is 21.0. The Hall–Kier alpha value is -3.52. The number of aromatic amines is 1. The van der Waals surface area contributed by atoms with Gasteiger partial charge in [-0.25, -0.2) is 19.3 Å². The molecule has 0 unspecified atom stereocenters. The molecule has 0 bridgehead atoms. The van der Waals surface area contributed by atoms with Gasteiger partial charge in [0.25, 0.3) is 5.56 Å². The summed E-state index contributed by atoms with van der Waals surface area (Å²) in [7, 11) is 1.69. The highest BCUT2D eigenvalue weighted by atomic mass is 35.5. The quantitative estimate of drug-likeness (QED) is 0.479. The Morgan fingerprint density at radius 3 is 2.87 bits per heavy atom. The second-order valence-corrected chi connectivity index (χ2v) is 7.54. The lowest BCUT2D eigenvalue weighted by Crippen LogP contribution is -2.16. The molecule has 0 saturated carbocycles. The van der Waals surface area contributed by atoms with E-state index in [9.17, 15) is 9.18 Å². The van der Waals surface area contributed by atoms with E-state index < -0.39 is 0 Å². The minimum atomic E-state index is -0.389. The van der Waals surface area contributed by atoms with E-state index >= 15 is 0 Å². The molecule has 0 atom stereocenters. The number of pyridine rings is 1. The van der Waals surface area contributed by atoms with Gasteiger partial charge in [-0.1, -0.05) is 17.7 Å². The van der Waals surface area contributed by atoms with Gasteiger partial charge < -0.3 is 14.1 Å². The number of benzene rings is 1. The number of nitrogens with one attached hydrogen (secondary N) is 1. The monoisotopic (exact) mass is 422 g/mol. The molecule has 5 rings (SSSR count). The van der Waals surface area contributed by atoms with Gasteiger partial charge in [0.15, 0.2) is 11.3 Å². The predicted molar refractivity (Wildman–Crippen MR) is 113 cm³/mol. The third-order valence-electron chi connectivity index (χ3n) is 5.16. The molecule has 4 heterocycles. The highest BCUT2D eigenvalue weighted by molar-refractivity contribution is 6.30.